The van der Waals surface area contributed by atoms with Crippen LogP contribution in [-0.4, -0.2) is 28.7 Å². The molecule has 8 heteroatoms. The van der Waals surface area contributed by atoms with E-state index in [1.54, 1.807) is 19.9 Å². The number of halogens is 3. The van der Waals surface area contributed by atoms with Gasteiger partial charge in [-0.15, -0.1) is 0 Å². The summed E-state index contributed by atoms with van der Waals surface area (Å²) in [5, 5.41) is 3.76. The monoisotopic (exact) mass is 330 g/mol. The second kappa shape index (κ2) is 6.89. The number of carbonyl (C=O) groups excluding carboxylic acids is 1. The van der Waals surface area contributed by atoms with Crippen LogP contribution in [0.25, 0.3) is 0 Å². The SMILES string of the molecule is Cc1noc(C)c1CCC(=O)N(Cc1ccco1)CC(F)(F)F. The summed E-state index contributed by atoms with van der Waals surface area (Å²) in [7, 11) is 0. The van der Waals surface area contributed by atoms with Gasteiger partial charge >= 0.3 is 6.18 Å². The molecule has 0 aliphatic carbocycles. The van der Waals surface area contributed by atoms with Crippen molar-refractivity contribution in [3.8, 4) is 0 Å². The Morgan fingerprint density at radius 1 is 1.35 bits per heavy atom. The average molecular weight is 330 g/mol. The molecule has 0 saturated heterocycles. The standard InChI is InChI=1S/C15H17F3N2O3/c1-10-13(11(2)23-19-10)5-6-14(21)20(9-15(16,17)18)8-12-4-3-7-22-12/h3-4,7H,5-6,8-9H2,1-2H3. The number of rotatable bonds is 6. The Morgan fingerprint density at radius 2 is 2.09 bits per heavy atom. The average Bonchev–Trinajstić information content (AvgIpc) is 3.05. The topological polar surface area (TPSA) is 59.5 Å². The summed E-state index contributed by atoms with van der Waals surface area (Å²) in [6.07, 6.45) is -2.88. The molecule has 0 bridgehead atoms. The fourth-order valence-electron chi connectivity index (χ4n) is 2.29. The number of aryl methyl sites for hydroxylation is 2. The van der Waals surface area contributed by atoms with Crippen molar-refractivity contribution in [1.29, 1.82) is 0 Å². The Labute approximate surface area is 131 Å². The van der Waals surface area contributed by atoms with Gasteiger partial charge in [0.2, 0.25) is 5.91 Å². The van der Waals surface area contributed by atoms with Gasteiger partial charge in [0.05, 0.1) is 18.5 Å². The van der Waals surface area contributed by atoms with Crippen LogP contribution in [-0.2, 0) is 17.8 Å². The van der Waals surface area contributed by atoms with Crippen molar-refractivity contribution >= 4 is 5.91 Å². The van der Waals surface area contributed by atoms with Crippen molar-refractivity contribution in [2.24, 2.45) is 0 Å². The van der Waals surface area contributed by atoms with Gasteiger partial charge in [0.15, 0.2) is 0 Å². The largest absolute Gasteiger partial charge is 0.467 e. The molecular formula is C15H17F3N2O3. The van der Waals surface area contributed by atoms with Crippen LogP contribution in [0.3, 0.4) is 0 Å². The zero-order valence-corrected chi connectivity index (χ0v) is 12.8. The molecule has 0 aliphatic rings. The van der Waals surface area contributed by atoms with Crippen molar-refractivity contribution in [1.82, 2.24) is 10.1 Å². The fraction of sp³-hybridized carbons (Fsp3) is 0.467. The van der Waals surface area contributed by atoms with Crippen LogP contribution in [0, 0.1) is 13.8 Å². The minimum atomic E-state index is -4.47. The van der Waals surface area contributed by atoms with E-state index in [1.165, 1.54) is 12.3 Å². The van der Waals surface area contributed by atoms with E-state index in [-0.39, 0.29) is 19.4 Å². The molecule has 0 aliphatic heterocycles. The molecule has 2 aromatic heterocycles. The lowest BCUT2D eigenvalue weighted by Gasteiger charge is -2.23. The molecule has 2 rings (SSSR count). The van der Waals surface area contributed by atoms with E-state index in [1.807, 2.05) is 0 Å². The Hall–Kier alpha value is -2.25. The lowest BCUT2D eigenvalue weighted by molar-refractivity contribution is -0.162. The zero-order chi connectivity index (χ0) is 17.0. The number of hydrogen-bond donors (Lipinski definition) is 0. The van der Waals surface area contributed by atoms with E-state index in [0.717, 1.165) is 10.5 Å². The highest BCUT2D eigenvalue weighted by molar-refractivity contribution is 5.76. The summed E-state index contributed by atoms with van der Waals surface area (Å²) in [5.74, 6) is 0.280. The lowest BCUT2D eigenvalue weighted by Crippen LogP contribution is -2.38. The Morgan fingerprint density at radius 3 is 2.61 bits per heavy atom. The molecule has 0 atom stereocenters. The van der Waals surface area contributed by atoms with Crippen molar-refractivity contribution in [3.63, 3.8) is 0 Å². The Kier molecular flexibility index (Phi) is 5.12. The first-order chi connectivity index (χ1) is 10.8. The van der Waals surface area contributed by atoms with Gasteiger partial charge in [-0.05, 0) is 32.4 Å². The molecule has 0 aromatic carbocycles. The molecule has 0 N–H and O–H groups in total. The van der Waals surface area contributed by atoms with Gasteiger partial charge in [0.25, 0.3) is 0 Å². The van der Waals surface area contributed by atoms with E-state index in [0.29, 0.717) is 17.2 Å². The quantitative estimate of drug-likeness (QED) is 0.814. The van der Waals surface area contributed by atoms with Gasteiger partial charge in [-0.1, -0.05) is 5.16 Å². The summed E-state index contributed by atoms with van der Waals surface area (Å²) in [6, 6.07) is 3.10. The number of nitrogens with zero attached hydrogens (tertiary/aromatic N) is 2. The predicted octanol–water partition coefficient (Wildman–Crippen LogP) is 3.41. The first kappa shape index (κ1) is 17.1. The van der Waals surface area contributed by atoms with Crippen LogP contribution in [0.15, 0.2) is 27.3 Å². The molecule has 126 valence electrons. The van der Waals surface area contributed by atoms with Gasteiger partial charge < -0.3 is 13.8 Å². The molecule has 23 heavy (non-hydrogen) atoms. The number of amides is 1. The second-order valence-electron chi connectivity index (χ2n) is 5.25. The third kappa shape index (κ3) is 4.87. The van der Waals surface area contributed by atoms with E-state index >= 15 is 0 Å². The smallest absolute Gasteiger partial charge is 0.406 e. The van der Waals surface area contributed by atoms with Crippen LogP contribution in [0.1, 0.15) is 29.2 Å². The summed E-state index contributed by atoms with van der Waals surface area (Å²) in [4.78, 5) is 12.9. The van der Waals surface area contributed by atoms with Crippen LogP contribution < -0.4 is 0 Å². The van der Waals surface area contributed by atoms with E-state index in [4.69, 9.17) is 8.94 Å². The van der Waals surface area contributed by atoms with Crippen molar-refractivity contribution < 1.29 is 26.9 Å². The molecule has 2 heterocycles. The molecule has 2 aromatic rings. The molecule has 0 fully saturated rings. The van der Waals surface area contributed by atoms with Crippen molar-refractivity contribution in [2.75, 3.05) is 6.54 Å². The third-order valence-electron chi connectivity index (χ3n) is 3.42. The zero-order valence-electron chi connectivity index (χ0n) is 12.8. The van der Waals surface area contributed by atoms with Gasteiger partial charge in [-0.2, -0.15) is 13.2 Å². The highest BCUT2D eigenvalue weighted by Gasteiger charge is 2.33. The highest BCUT2D eigenvalue weighted by Crippen LogP contribution is 2.20. The van der Waals surface area contributed by atoms with Gasteiger partial charge in [0.1, 0.15) is 18.1 Å². The van der Waals surface area contributed by atoms with E-state index < -0.39 is 18.6 Å². The fourth-order valence-corrected chi connectivity index (χ4v) is 2.29. The van der Waals surface area contributed by atoms with Gasteiger partial charge in [0, 0.05) is 12.0 Å². The molecular weight excluding hydrogens is 313 g/mol. The van der Waals surface area contributed by atoms with Crippen molar-refractivity contribution in [2.45, 2.75) is 39.4 Å². The summed E-state index contributed by atoms with van der Waals surface area (Å²) in [6.45, 7) is 1.91. The lowest BCUT2D eigenvalue weighted by atomic mass is 10.1. The first-order valence-electron chi connectivity index (χ1n) is 7.05. The maximum Gasteiger partial charge on any atom is 0.406 e. The number of furan rings is 1. The molecule has 0 radical (unpaired) electrons. The minimum absolute atomic E-state index is 0.0559. The second-order valence-corrected chi connectivity index (χ2v) is 5.25. The van der Waals surface area contributed by atoms with E-state index in [2.05, 4.69) is 5.16 Å². The maximum atomic E-state index is 12.7. The molecule has 0 saturated carbocycles. The summed E-state index contributed by atoms with van der Waals surface area (Å²) in [5.41, 5.74) is 1.40. The number of hydrogen-bond acceptors (Lipinski definition) is 4. The third-order valence-corrected chi connectivity index (χ3v) is 3.42. The predicted molar refractivity (Wildman–Crippen MR) is 74.5 cm³/mol. The number of alkyl halides is 3. The number of carbonyl (C=O) groups is 1. The summed E-state index contributed by atoms with van der Waals surface area (Å²) >= 11 is 0. The molecule has 1 amide bonds. The minimum Gasteiger partial charge on any atom is -0.467 e. The van der Waals surface area contributed by atoms with Crippen LogP contribution in [0.2, 0.25) is 0 Å². The van der Waals surface area contributed by atoms with Crippen LogP contribution in [0.4, 0.5) is 13.2 Å². The molecule has 0 unspecified atom stereocenters. The maximum absolute atomic E-state index is 12.7. The Bertz CT molecular complexity index is 628. The van der Waals surface area contributed by atoms with Crippen molar-refractivity contribution in [3.05, 3.63) is 41.2 Å². The summed E-state index contributed by atoms with van der Waals surface area (Å²) < 4.78 is 48.1. The van der Waals surface area contributed by atoms with E-state index in [9.17, 15) is 18.0 Å². The first-order valence-corrected chi connectivity index (χ1v) is 7.05. The van der Waals surface area contributed by atoms with Gasteiger partial charge in [-0.25, -0.2) is 0 Å². The normalized spacial score (nSPS) is 11.7. The Balaban J connectivity index is 2.03. The van der Waals surface area contributed by atoms with Crippen LogP contribution >= 0.6 is 0 Å². The van der Waals surface area contributed by atoms with Gasteiger partial charge in [-0.3, -0.25) is 4.79 Å². The number of aromatic nitrogens is 1. The molecule has 0 spiro atoms. The molecule has 5 nitrogen and oxygen atoms in total. The highest BCUT2D eigenvalue weighted by atomic mass is 19.4. The van der Waals surface area contributed by atoms with Crippen LogP contribution in [0.5, 0.6) is 0 Å².